The maximum Gasteiger partial charge on any atom is 0.338 e. The van der Waals surface area contributed by atoms with Gasteiger partial charge in [0.25, 0.3) is 0 Å². The number of hydrogen-bond donors (Lipinski definition) is 2. The van der Waals surface area contributed by atoms with Crippen molar-refractivity contribution in [3.8, 4) is 0 Å². The van der Waals surface area contributed by atoms with Crippen molar-refractivity contribution >= 4 is 11.7 Å². The summed E-state index contributed by atoms with van der Waals surface area (Å²) in [5, 5.41) is 11.8. The Morgan fingerprint density at radius 1 is 1.33 bits per heavy atom. The molecule has 0 spiro atoms. The predicted octanol–water partition coefficient (Wildman–Crippen LogP) is 2.53. The zero-order valence-corrected chi connectivity index (χ0v) is 9.43. The van der Waals surface area contributed by atoms with Gasteiger partial charge in [-0.1, -0.05) is 6.07 Å². The number of carbonyl (C=O) groups is 1. The van der Waals surface area contributed by atoms with Crippen LogP contribution in [0.15, 0.2) is 42.6 Å². The third-order valence-electron chi connectivity index (χ3n) is 2.40. The molecule has 0 amide bonds. The van der Waals surface area contributed by atoms with Gasteiger partial charge in [-0.3, -0.25) is 4.98 Å². The first-order chi connectivity index (χ1) is 8.66. The van der Waals surface area contributed by atoms with Gasteiger partial charge in [-0.05, 0) is 30.3 Å². The van der Waals surface area contributed by atoms with Gasteiger partial charge < -0.3 is 10.4 Å². The summed E-state index contributed by atoms with van der Waals surface area (Å²) in [6, 6.07) is 9.39. The number of pyridine rings is 1. The normalized spacial score (nSPS) is 10.1. The van der Waals surface area contributed by atoms with Crippen molar-refractivity contribution in [3.63, 3.8) is 0 Å². The first kappa shape index (κ1) is 12.0. The SMILES string of the molecule is O=C(O)c1cc(NCc2ccccn2)ccc1F. The molecule has 0 aliphatic carbocycles. The van der Waals surface area contributed by atoms with E-state index in [1.165, 1.54) is 12.1 Å². The second-order valence-electron chi connectivity index (χ2n) is 3.67. The number of aromatic nitrogens is 1. The molecule has 1 heterocycles. The molecule has 0 unspecified atom stereocenters. The summed E-state index contributed by atoms with van der Waals surface area (Å²) < 4.78 is 13.2. The monoisotopic (exact) mass is 246 g/mol. The van der Waals surface area contributed by atoms with Crippen LogP contribution >= 0.6 is 0 Å². The van der Waals surface area contributed by atoms with Crippen LogP contribution in [0, 0.1) is 5.82 Å². The standard InChI is InChI=1S/C13H11FN2O2/c14-12-5-4-9(7-11(12)13(17)18)16-8-10-3-1-2-6-15-10/h1-7,16H,8H2,(H,17,18). The molecule has 0 saturated carbocycles. The molecule has 4 nitrogen and oxygen atoms in total. The van der Waals surface area contributed by atoms with Crippen molar-refractivity contribution in [1.29, 1.82) is 0 Å². The van der Waals surface area contributed by atoms with Crippen LogP contribution in [0.5, 0.6) is 0 Å². The molecule has 1 aromatic carbocycles. The minimum atomic E-state index is -1.28. The Balaban J connectivity index is 2.11. The fourth-order valence-corrected chi connectivity index (χ4v) is 1.49. The summed E-state index contributed by atoms with van der Waals surface area (Å²) in [6.07, 6.45) is 1.67. The van der Waals surface area contributed by atoms with E-state index in [1.54, 1.807) is 6.20 Å². The van der Waals surface area contributed by atoms with E-state index < -0.39 is 11.8 Å². The van der Waals surface area contributed by atoms with E-state index >= 15 is 0 Å². The number of nitrogens with zero attached hydrogens (tertiary/aromatic N) is 1. The van der Waals surface area contributed by atoms with Crippen LogP contribution in [0.3, 0.4) is 0 Å². The quantitative estimate of drug-likeness (QED) is 0.870. The Bertz CT molecular complexity index is 558. The number of anilines is 1. The molecule has 92 valence electrons. The van der Waals surface area contributed by atoms with E-state index in [4.69, 9.17) is 5.11 Å². The van der Waals surface area contributed by atoms with E-state index in [0.29, 0.717) is 12.2 Å². The summed E-state index contributed by atoms with van der Waals surface area (Å²) in [4.78, 5) is 14.9. The first-order valence-corrected chi connectivity index (χ1v) is 5.33. The van der Waals surface area contributed by atoms with Crippen LogP contribution in [-0.4, -0.2) is 16.1 Å². The summed E-state index contributed by atoms with van der Waals surface area (Å²) >= 11 is 0. The highest BCUT2D eigenvalue weighted by atomic mass is 19.1. The zero-order chi connectivity index (χ0) is 13.0. The minimum Gasteiger partial charge on any atom is -0.478 e. The number of rotatable bonds is 4. The van der Waals surface area contributed by atoms with E-state index in [-0.39, 0.29) is 5.56 Å². The van der Waals surface area contributed by atoms with Crippen LogP contribution in [-0.2, 0) is 6.54 Å². The Labute approximate surface area is 103 Å². The lowest BCUT2D eigenvalue weighted by molar-refractivity contribution is 0.0692. The maximum absolute atomic E-state index is 13.2. The van der Waals surface area contributed by atoms with Crippen LogP contribution in [0.25, 0.3) is 0 Å². The molecule has 0 radical (unpaired) electrons. The van der Waals surface area contributed by atoms with Gasteiger partial charge in [0.05, 0.1) is 17.8 Å². The highest BCUT2D eigenvalue weighted by Crippen LogP contribution is 2.15. The third kappa shape index (κ3) is 2.82. The van der Waals surface area contributed by atoms with Gasteiger partial charge in [-0.2, -0.15) is 0 Å². The Morgan fingerprint density at radius 3 is 2.83 bits per heavy atom. The summed E-state index contributed by atoms with van der Waals surface area (Å²) in [6.45, 7) is 0.450. The number of nitrogens with one attached hydrogen (secondary N) is 1. The number of hydrogen-bond acceptors (Lipinski definition) is 3. The Kier molecular flexibility index (Phi) is 3.52. The molecule has 0 aliphatic heterocycles. The molecule has 2 aromatic rings. The van der Waals surface area contributed by atoms with Crippen LogP contribution in [0.4, 0.5) is 10.1 Å². The van der Waals surface area contributed by atoms with Crippen LogP contribution < -0.4 is 5.32 Å². The van der Waals surface area contributed by atoms with Gasteiger partial charge in [0.1, 0.15) is 5.82 Å². The molecule has 0 fully saturated rings. The van der Waals surface area contributed by atoms with Crippen molar-refractivity contribution in [1.82, 2.24) is 4.98 Å². The van der Waals surface area contributed by atoms with Crippen molar-refractivity contribution in [2.75, 3.05) is 5.32 Å². The highest BCUT2D eigenvalue weighted by molar-refractivity contribution is 5.89. The number of carboxylic acids is 1. The molecule has 5 heteroatoms. The van der Waals surface area contributed by atoms with Gasteiger partial charge in [-0.25, -0.2) is 9.18 Å². The van der Waals surface area contributed by atoms with Crippen molar-refractivity contribution in [3.05, 3.63) is 59.7 Å². The van der Waals surface area contributed by atoms with Gasteiger partial charge in [0.15, 0.2) is 0 Å². The molecule has 1 aromatic heterocycles. The smallest absolute Gasteiger partial charge is 0.338 e. The summed E-state index contributed by atoms with van der Waals surface area (Å²) in [5.41, 5.74) is 1.01. The first-order valence-electron chi connectivity index (χ1n) is 5.33. The second-order valence-corrected chi connectivity index (χ2v) is 3.67. The van der Waals surface area contributed by atoms with Gasteiger partial charge in [-0.15, -0.1) is 0 Å². The number of aromatic carboxylic acids is 1. The van der Waals surface area contributed by atoms with E-state index in [2.05, 4.69) is 10.3 Å². The largest absolute Gasteiger partial charge is 0.478 e. The number of halogens is 1. The van der Waals surface area contributed by atoms with Gasteiger partial charge in [0.2, 0.25) is 0 Å². The van der Waals surface area contributed by atoms with Crippen LogP contribution in [0.1, 0.15) is 16.1 Å². The average molecular weight is 246 g/mol. The average Bonchev–Trinajstić information content (AvgIpc) is 2.38. The van der Waals surface area contributed by atoms with Crippen molar-refractivity contribution in [2.24, 2.45) is 0 Å². The number of carboxylic acid groups (broad SMARTS) is 1. The Morgan fingerprint density at radius 2 is 2.17 bits per heavy atom. The number of benzene rings is 1. The molecular formula is C13H11FN2O2. The molecule has 18 heavy (non-hydrogen) atoms. The topological polar surface area (TPSA) is 62.2 Å². The molecule has 2 N–H and O–H groups in total. The molecule has 0 aliphatic rings. The van der Waals surface area contributed by atoms with Gasteiger partial charge in [0, 0.05) is 11.9 Å². The minimum absolute atomic E-state index is 0.346. The lowest BCUT2D eigenvalue weighted by atomic mass is 10.2. The summed E-state index contributed by atoms with van der Waals surface area (Å²) in [7, 11) is 0. The lowest BCUT2D eigenvalue weighted by Crippen LogP contribution is -2.05. The molecule has 0 atom stereocenters. The fraction of sp³-hybridized carbons (Fsp3) is 0.0769. The van der Waals surface area contributed by atoms with E-state index in [0.717, 1.165) is 11.8 Å². The molecule has 0 bridgehead atoms. The predicted molar refractivity (Wildman–Crippen MR) is 64.9 cm³/mol. The third-order valence-corrected chi connectivity index (χ3v) is 2.40. The van der Waals surface area contributed by atoms with Crippen molar-refractivity contribution < 1.29 is 14.3 Å². The fourth-order valence-electron chi connectivity index (χ4n) is 1.49. The maximum atomic E-state index is 13.2. The molecule has 2 rings (SSSR count). The van der Waals surface area contributed by atoms with Crippen LogP contribution in [0.2, 0.25) is 0 Å². The second kappa shape index (κ2) is 5.27. The van der Waals surface area contributed by atoms with E-state index in [9.17, 15) is 9.18 Å². The molecular weight excluding hydrogens is 235 g/mol. The molecule has 0 saturated heterocycles. The summed E-state index contributed by atoms with van der Waals surface area (Å²) in [5.74, 6) is -2.03. The van der Waals surface area contributed by atoms with Crippen molar-refractivity contribution in [2.45, 2.75) is 6.54 Å². The lowest BCUT2D eigenvalue weighted by Gasteiger charge is -2.07. The van der Waals surface area contributed by atoms with E-state index in [1.807, 2.05) is 18.2 Å². The Hall–Kier alpha value is -2.43. The zero-order valence-electron chi connectivity index (χ0n) is 9.43. The van der Waals surface area contributed by atoms with Gasteiger partial charge >= 0.3 is 5.97 Å². The highest BCUT2D eigenvalue weighted by Gasteiger charge is 2.10.